The summed E-state index contributed by atoms with van der Waals surface area (Å²) < 4.78 is 1.53. The molecule has 1 fully saturated rings. The van der Waals surface area contributed by atoms with E-state index in [4.69, 9.17) is 0 Å². The second kappa shape index (κ2) is 3.18. The van der Waals surface area contributed by atoms with Crippen LogP contribution in [0, 0.1) is 0 Å². The number of hydrogen-bond donors (Lipinski definition) is 1. The first-order valence-electron chi connectivity index (χ1n) is 6.33. The summed E-state index contributed by atoms with van der Waals surface area (Å²) >= 11 is 0. The van der Waals surface area contributed by atoms with E-state index in [1.807, 2.05) is 0 Å². The Morgan fingerprint density at radius 2 is 2.00 bits per heavy atom. The molecule has 0 amide bonds. The maximum absolute atomic E-state index is 12.3. The van der Waals surface area contributed by atoms with E-state index in [1.54, 1.807) is 0 Å². The first-order valence-corrected chi connectivity index (χ1v) is 6.33. The Hall–Kier alpha value is -1.65. The van der Waals surface area contributed by atoms with Crippen molar-refractivity contribution in [2.75, 3.05) is 0 Å². The molecule has 0 spiro atoms. The molecule has 2 aliphatic carbocycles. The van der Waals surface area contributed by atoms with Crippen LogP contribution in [-0.2, 0) is 12.8 Å². The predicted molar refractivity (Wildman–Crippen MR) is 62.2 cm³/mol. The lowest BCUT2D eigenvalue weighted by Gasteiger charge is -2.12. The lowest BCUT2D eigenvalue weighted by atomic mass is 9.97. The second-order valence-electron chi connectivity index (χ2n) is 5.07. The number of aromatic amines is 1. The number of aromatic nitrogens is 4. The van der Waals surface area contributed by atoms with Gasteiger partial charge in [-0.15, -0.1) is 0 Å². The standard InChI is InChI=1S/C12H14N4O/c17-11-8-3-1-2-4-9(8)13-12-14-10(7-5-6-7)15-16(11)12/h7H,1-6H2,(H,13,14,15). The maximum Gasteiger partial charge on any atom is 0.277 e. The summed E-state index contributed by atoms with van der Waals surface area (Å²) in [6.45, 7) is 0. The Morgan fingerprint density at radius 3 is 2.82 bits per heavy atom. The molecule has 2 aromatic rings. The molecule has 17 heavy (non-hydrogen) atoms. The molecule has 2 aliphatic rings. The minimum atomic E-state index is 0.0594. The van der Waals surface area contributed by atoms with Gasteiger partial charge in [0.25, 0.3) is 11.3 Å². The van der Waals surface area contributed by atoms with Crippen molar-refractivity contribution in [1.29, 1.82) is 0 Å². The highest BCUT2D eigenvalue weighted by atomic mass is 16.1. The third-order valence-electron chi connectivity index (χ3n) is 3.75. The predicted octanol–water partition coefficient (Wildman–Crippen LogP) is 1.17. The molecule has 0 bridgehead atoms. The van der Waals surface area contributed by atoms with Crippen molar-refractivity contribution in [1.82, 2.24) is 19.6 Å². The largest absolute Gasteiger partial charge is 0.277 e. The van der Waals surface area contributed by atoms with E-state index in [0.29, 0.717) is 11.7 Å². The first-order chi connectivity index (χ1) is 8.33. The van der Waals surface area contributed by atoms with Crippen LogP contribution in [0.2, 0.25) is 0 Å². The highest BCUT2D eigenvalue weighted by molar-refractivity contribution is 5.34. The first kappa shape index (κ1) is 9.39. The van der Waals surface area contributed by atoms with Crippen LogP contribution >= 0.6 is 0 Å². The number of nitrogens with one attached hydrogen (secondary N) is 1. The van der Waals surface area contributed by atoms with Crippen molar-refractivity contribution in [2.24, 2.45) is 0 Å². The van der Waals surface area contributed by atoms with Crippen LogP contribution in [0.25, 0.3) is 5.78 Å². The number of hydrogen-bond acceptors (Lipinski definition) is 3. The van der Waals surface area contributed by atoms with Gasteiger partial charge in [0, 0.05) is 11.5 Å². The maximum atomic E-state index is 12.3. The van der Waals surface area contributed by atoms with Gasteiger partial charge in [-0.05, 0) is 38.5 Å². The Labute approximate surface area is 97.9 Å². The van der Waals surface area contributed by atoms with Crippen molar-refractivity contribution >= 4 is 5.78 Å². The molecule has 5 nitrogen and oxygen atoms in total. The zero-order valence-electron chi connectivity index (χ0n) is 9.57. The summed E-state index contributed by atoms with van der Waals surface area (Å²) in [5.74, 6) is 2.00. The van der Waals surface area contributed by atoms with Crippen LogP contribution in [0.15, 0.2) is 4.79 Å². The van der Waals surface area contributed by atoms with Gasteiger partial charge in [0.15, 0.2) is 0 Å². The molecule has 5 heteroatoms. The van der Waals surface area contributed by atoms with Gasteiger partial charge in [0.2, 0.25) is 0 Å². The zero-order chi connectivity index (χ0) is 11.4. The lowest BCUT2D eigenvalue weighted by molar-refractivity contribution is 0.650. The van der Waals surface area contributed by atoms with Gasteiger partial charge in [-0.25, -0.2) is 4.98 Å². The van der Waals surface area contributed by atoms with Crippen LogP contribution < -0.4 is 5.56 Å². The summed E-state index contributed by atoms with van der Waals surface area (Å²) in [6.07, 6.45) is 6.37. The fourth-order valence-electron chi connectivity index (χ4n) is 2.60. The van der Waals surface area contributed by atoms with Crippen molar-refractivity contribution in [2.45, 2.75) is 44.4 Å². The topological polar surface area (TPSA) is 63.0 Å². The second-order valence-corrected chi connectivity index (χ2v) is 5.07. The normalized spacial score (nSPS) is 19.5. The van der Waals surface area contributed by atoms with Crippen molar-refractivity contribution in [3.05, 3.63) is 27.4 Å². The molecule has 1 N–H and O–H groups in total. The molecule has 0 atom stereocenters. The third kappa shape index (κ3) is 1.34. The molecular weight excluding hydrogens is 216 g/mol. The zero-order valence-corrected chi connectivity index (χ0v) is 9.57. The molecule has 2 aromatic heterocycles. The number of H-pyrrole nitrogens is 1. The minimum absolute atomic E-state index is 0.0594. The van der Waals surface area contributed by atoms with Crippen molar-refractivity contribution in [3.8, 4) is 0 Å². The number of nitrogens with zero attached hydrogens (tertiary/aromatic N) is 3. The monoisotopic (exact) mass is 230 g/mol. The van der Waals surface area contributed by atoms with E-state index in [9.17, 15) is 4.79 Å². The molecule has 0 saturated heterocycles. The molecule has 2 heterocycles. The van der Waals surface area contributed by atoms with Crippen molar-refractivity contribution < 1.29 is 0 Å². The SMILES string of the molecule is O=c1c2c(nc3nc(C4CC4)[nH]n13)CCCC2. The Morgan fingerprint density at radius 1 is 1.18 bits per heavy atom. The van der Waals surface area contributed by atoms with Gasteiger partial charge < -0.3 is 0 Å². The summed E-state index contributed by atoms with van der Waals surface area (Å²) in [6, 6.07) is 0. The van der Waals surface area contributed by atoms with E-state index in [1.165, 1.54) is 17.4 Å². The van der Waals surface area contributed by atoms with Crippen LogP contribution in [0.1, 0.15) is 48.7 Å². The molecule has 1 saturated carbocycles. The molecule has 0 radical (unpaired) electrons. The Kier molecular flexibility index (Phi) is 1.76. The molecular formula is C12H14N4O. The van der Waals surface area contributed by atoms with Gasteiger partial charge in [0.1, 0.15) is 5.82 Å². The molecule has 0 unspecified atom stereocenters. The number of rotatable bonds is 1. The van der Waals surface area contributed by atoms with Crippen LogP contribution in [-0.4, -0.2) is 19.6 Å². The van der Waals surface area contributed by atoms with E-state index < -0.39 is 0 Å². The van der Waals surface area contributed by atoms with Gasteiger partial charge in [-0.3, -0.25) is 9.89 Å². The average molecular weight is 230 g/mol. The Balaban J connectivity index is 1.99. The highest BCUT2D eigenvalue weighted by Crippen LogP contribution is 2.37. The van der Waals surface area contributed by atoms with Crippen LogP contribution in [0.5, 0.6) is 0 Å². The van der Waals surface area contributed by atoms with Gasteiger partial charge in [-0.2, -0.15) is 9.50 Å². The molecule has 0 aromatic carbocycles. The van der Waals surface area contributed by atoms with Crippen LogP contribution in [0.3, 0.4) is 0 Å². The average Bonchev–Trinajstić information content (AvgIpc) is 3.11. The lowest BCUT2D eigenvalue weighted by Crippen LogP contribution is -2.25. The van der Waals surface area contributed by atoms with E-state index in [-0.39, 0.29) is 5.56 Å². The fourth-order valence-corrected chi connectivity index (χ4v) is 2.60. The summed E-state index contributed by atoms with van der Waals surface area (Å²) in [4.78, 5) is 21.2. The van der Waals surface area contributed by atoms with Crippen LogP contribution in [0.4, 0.5) is 0 Å². The number of aryl methyl sites for hydroxylation is 1. The Bertz CT molecular complexity index is 650. The molecule has 4 rings (SSSR count). The minimum Gasteiger partial charge on any atom is -0.275 e. The quantitative estimate of drug-likeness (QED) is 0.800. The van der Waals surface area contributed by atoms with Gasteiger partial charge >= 0.3 is 0 Å². The van der Waals surface area contributed by atoms with E-state index >= 15 is 0 Å². The van der Waals surface area contributed by atoms with Crippen molar-refractivity contribution in [3.63, 3.8) is 0 Å². The molecule has 0 aliphatic heterocycles. The fraction of sp³-hybridized carbons (Fsp3) is 0.583. The third-order valence-corrected chi connectivity index (χ3v) is 3.75. The summed E-state index contributed by atoms with van der Waals surface area (Å²) in [7, 11) is 0. The van der Waals surface area contributed by atoms with E-state index in [2.05, 4.69) is 15.1 Å². The smallest absolute Gasteiger partial charge is 0.275 e. The van der Waals surface area contributed by atoms with Gasteiger partial charge in [0.05, 0.1) is 5.69 Å². The van der Waals surface area contributed by atoms with E-state index in [0.717, 1.165) is 42.8 Å². The summed E-state index contributed by atoms with van der Waals surface area (Å²) in [5, 5.41) is 3.11. The number of fused-ring (bicyclic) bond motifs is 2. The molecule has 88 valence electrons. The highest BCUT2D eigenvalue weighted by Gasteiger charge is 2.28. The summed E-state index contributed by atoms with van der Waals surface area (Å²) in [5.41, 5.74) is 1.92. The van der Waals surface area contributed by atoms with Gasteiger partial charge in [-0.1, -0.05) is 0 Å².